The summed E-state index contributed by atoms with van der Waals surface area (Å²) in [4.78, 5) is 14.0. The molecule has 2 rings (SSSR count). The molecule has 0 aromatic carbocycles. The molecule has 2 saturated carbocycles. The number of ketones is 1. The largest absolute Gasteiger partial charge is 0.361 e. The molecule has 0 aliphatic heterocycles. The minimum Gasteiger partial charge on any atom is -0.361 e. The van der Waals surface area contributed by atoms with Crippen LogP contribution in [0, 0.1) is 23.2 Å². The molecule has 0 aromatic heterocycles. The summed E-state index contributed by atoms with van der Waals surface area (Å²) in [5, 5.41) is 0. The average molecular weight is 234 g/mol. The van der Waals surface area contributed by atoms with Gasteiger partial charge in [-0.15, -0.1) is 0 Å². The third-order valence-electron chi connectivity index (χ3n) is 5.19. The summed E-state index contributed by atoms with van der Waals surface area (Å²) in [6.07, 6.45) is 7.83. The highest BCUT2D eigenvalue weighted by atomic mass is 16.1. The predicted octanol–water partition coefficient (Wildman–Crippen LogP) is 3.10. The number of hydrogen-bond acceptors (Lipinski definition) is 1. The number of carbonyl (C=O) groups is 1. The highest BCUT2D eigenvalue weighted by molar-refractivity contribution is 6.25. The van der Waals surface area contributed by atoms with Crippen LogP contribution < -0.4 is 0 Å². The van der Waals surface area contributed by atoms with Gasteiger partial charge >= 0.3 is 6.21 Å². The van der Waals surface area contributed by atoms with Crippen LogP contribution in [0.4, 0.5) is 0 Å². The van der Waals surface area contributed by atoms with Gasteiger partial charge in [-0.05, 0) is 55.3 Å². The first-order chi connectivity index (χ1) is 8.05. The Hall–Kier alpha value is -0.950. The van der Waals surface area contributed by atoms with E-state index >= 15 is 0 Å². The van der Waals surface area contributed by atoms with Crippen molar-refractivity contribution in [3.05, 3.63) is 5.53 Å². The molecule has 3 heteroatoms. The van der Waals surface area contributed by atoms with E-state index in [1.807, 2.05) is 0 Å². The second-order valence-electron chi connectivity index (χ2n) is 6.30. The number of Topliss-reactive ketones (excluding diaryl/α,β-unsaturated/α-hetero) is 1. The zero-order chi connectivity index (χ0) is 12.5. The molecule has 3 atom stereocenters. The van der Waals surface area contributed by atoms with E-state index in [9.17, 15) is 4.79 Å². The maximum atomic E-state index is 11.2. The second kappa shape index (κ2) is 4.73. The van der Waals surface area contributed by atoms with Gasteiger partial charge in [0.25, 0.3) is 0 Å². The smallest absolute Gasteiger partial charge is 0.323 e. The molecule has 0 radical (unpaired) electrons. The second-order valence-corrected chi connectivity index (χ2v) is 6.30. The first-order valence-corrected chi connectivity index (χ1v) is 6.76. The summed E-state index contributed by atoms with van der Waals surface area (Å²) in [5.41, 5.74) is 8.73. The lowest BCUT2D eigenvalue weighted by Crippen LogP contribution is -2.30. The molecule has 0 saturated heterocycles. The molecule has 2 aliphatic carbocycles. The Kier molecular flexibility index (Phi) is 3.48. The van der Waals surface area contributed by atoms with Gasteiger partial charge in [0, 0.05) is 6.42 Å². The van der Waals surface area contributed by atoms with Gasteiger partial charge < -0.3 is 5.53 Å². The van der Waals surface area contributed by atoms with Gasteiger partial charge in [0.2, 0.25) is 5.78 Å². The number of fused-ring (bicyclic) bond motifs is 2. The Bertz CT molecular complexity index is 355. The summed E-state index contributed by atoms with van der Waals surface area (Å²) in [6, 6.07) is 0. The number of carbonyl (C=O) groups excluding carboxylic acids is 1. The third-order valence-corrected chi connectivity index (χ3v) is 5.19. The minimum absolute atomic E-state index is 0.0616. The molecule has 0 heterocycles. The van der Waals surface area contributed by atoms with E-state index in [0.29, 0.717) is 11.8 Å². The maximum absolute atomic E-state index is 11.2. The van der Waals surface area contributed by atoms with Crippen molar-refractivity contribution in [2.75, 3.05) is 0 Å². The van der Waals surface area contributed by atoms with Crippen LogP contribution in [0.1, 0.15) is 52.4 Å². The van der Waals surface area contributed by atoms with Gasteiger partial charge in [0.15, 0.2) is 0 Å². The molecule has 0 aromatic rings. The highest BCUT2D eigenvalue weighted by Crippen LogP contribution is 2.60. The van der Waals surface area contributed by atoms with E-state index < -0.39 is 0 Å². The van der Waals surface area contributed by atoms with Crippen LogP contribution in [0.15, 0.2) is 0 Å². The van der Waals surface area contributed by atoms with Crippen LogP contribution in [0.3, 0.4) is 0 Å². The average Bonchev–Trinajstić information content (AvgIpc) is 2.80. The molecule has 3 nitrogen and oxygen atoms in total. The fraction of sp³-hybridized carbons (Fsp3) is 0.857. The van der Waals surface area contributed by atoms with E-state index in [1.165, 1.54) is 19.3 Å². The lowest BCUT2D eigenvalue weighted by Gasteiger charge is -2.38. The van der Waals surface area contributed by atoms with Gasteiger partial charge in [-0.2, -0.15) is 4.79 Å². The van der Waals surface area contributed by atoms with Gasteiger partial charge in [-0.25, -0.2) is 0 Å². The SMILES string of the molecule is CC1(C)[C@H]2CC[C@H](C2)[C@H]1CCCC(=O)C=[N+]=[N-]. The lowest BCUT2D eigenvalue weighted by atomic mass is 9.67. The van der Waals surface area contributed by atoms with Crippen molar-refractivity contribution in [1.29, 1.82) is 0 Å². The number of hydrogen-bond donors (Lipinski definition) is 0. The van der Waals surface area contributed by atoms with Gasteiger partial charge in [0.05, 0.1) is 0 Å². The fourth-order valence-corrected chi connectivity index (χ4v) is 4.20. The monoisotopic (exact) mass is 234 g/mol. The van der Waals surface area contributed by atoms with Crippen LogP contribution in [0.5, 0.6) is 0 Å². The number of nitrogens with zero attached hydrogens (tertiary/aromatic N) is 2. The first kappa shape index (κ1) is 12.5. The Labute approximate surface area is 103 Å². The maximum Gasteiger partial charge on any atom is 0.323 e. The fourth-order valence-electron chi connectivity index (χ4n) is 4.20. The summed E-state index contributed by atoms with van der Waals surface area (Å²) in [5.74, 6) is 2.54. The highest BCUT2D eigenvalue weighted by Gasteiger charge is 2.51. The molecule has 0 spiro atoms. The Morgan fingerprint density at radius 3 is 2.82 bits per heavy atom. The standard InChI is InChI=1S/C14H22N2O/c1-14(2)11-7-6-10(8-11)13(14)5-3-4-12(17)9-16-15/h9-11,13H,3-8H2,1-2H3/t10-,11+,13-/m1/s1. The lowest BCUT2D eigenvalue weighted by molar-refractivity contribution is -0.116. The van der Waals surface area contributed by atoms with Crippen LogP contribution >= 0.6 is 0 Å². The van der Waals surface area contributed by atoms with E-state index in [0.717, 1.165) is 36.8 Å². The number of rotatable bonds is 5. The van der Waals surface area contributed by atoms with Crippen molar-refractivity contribution in [2.45, 2.75) is 52.4 Å². The Morgan fingerprint density at radius 1 is 1.47 bits per heavy atom. The van der Waals surface area contributed by atoms with Gasteiger partial charge in [0.1, 0.15) is 0 Å². The molecule has 2 aliphatic rings. The van der Waals surface area contributed by atoms with E-state index in [1.54, 1.807) is 0 Å². The summed E-state index contributed by atoms with van der Waals surface area (Å²) in [6.45, 7) is 4.80. The minimum atomic E-state index is -0.0616. The topological polar surface area (TPSA) is 53.5 Å². The molecule has 94 valence electrons. The zero-order valence-electron chi connectivity index (χ0n) is 10.9. The molecular weight excluding hydrogens is 212 g/mol. The first-order valence-electron chi connectivity index (χ1n) is 6.76. The molecule has 2 fully saturated rings. The summed E-state index contributed by atoms with van der Waals surface area (Å²) < 4.78 is 0. The Balaban J connectivity index is 1.83. The quantitative estimate of drug-likeness (QED) is 0.409. The van der Waals surface area contributed by atoms with Crippen molar-refractivity contribution in [3.8, 4) is 0 Å². The molecule has 2 bridgehead atoms. The van der Waals surface area contributed by atoms with Crippen LogP contribution in [0.25, 0.3) is 5.53 Å². The van der Waals surface area contributed by atoms with E-state index in [-0.39, 0.29) is 5.78 Å². The van der Waals surface area contributed by atoms with Crippen LogP contribution in [-0.4, -0.2) is 16.8 Å². The normalized spacial score (nSPS) is 33.4. The summed E-state index contributed by atoms with van der Waals surface area (Å²) in [7, 11) is 0. The molecule has 17 heavy (non-hydrogen) atoms. The van der Waals surface area contributed by atoms with Crippen molar-refractivity contribution < 1.29 is 9.58 Å². The van der Waals surface area contributed by atoms with Gasteiger partial charge in [-0.3, -0.25) is 4.79 Å². The van der Waals surface area contributed by atoms with Crippen molar-refractivity contribution in [2.24, 2.45) is 23.2 Å². The van der Waals surface area contributed by atoms with Crippen molar-refractivity contribution in [1.82, 2.24) is 0 Å². The Morgan fingerprint density at radius 2 is 2.24 bits per heavy atom. The van der Waals surface area contributed by atoms with Crippen LogP contribution in [-0.2, 0) is 4.79 Å². The van der Waals surface area contributed by atoms with Gasteiger partial charge in [-0.1, -0.05) is 13.8 Å². The molecule has 0 unspecified atom stereocenters. The van der Waals surface area contributed by atoms with Crippen molar-refractivity contribution in [3.63, 3.8) is 0 Å². The summed E-state index contributed by atoms with van der Waals surface area (Å²) >= 11 is 0. The zero-order valence-corrected chi connectivity index (χ0v) is 10.9. The molecule has 0 N–H and O–H groups in total. The van der Waals surface area contributed by atoms with Crippen molar-refractivity contribution >= 4 is 12.0 Å². The van der Waals surface area contributed by atoms with E-state index in [4.69, 9.17) is 5.53 Å². The molecule has 0 amide bonds. The predicted molar refractivity (Wildman–Crippen MR) is 66.6 cm³/mol. The van der Waals surface area contributed by atoms with Crippen LogP contribution in [0.2, 0.25) is 0 Å². The van der Waals surface area contributed by atoms with E-state index in [2.05, 4.69) is 18.6 Å². The molecular formula is C14H22N2O. The third kappa shape index (κ3) is 2.35.